The maximum absolute atomic E-state index is 5.96. The summed E-state index contributed by atoms with van der Waals surface area (Å²) in [5, 5.41) is 7.99. The fraction of sp³-hybridized carbons (Fsp3) is 0.188. The van der Waals surface area contributed by atoms with Crippen LogP contribution in [0.3, 0.4) is 0 Å². The van der Waals surface area contributed by atoms with Crippen molar-refractivity contribution in [3.63, 3.8) is 0 Å². The molecule has 0 aromatic heterocycles. The van der Waals surface area contributed by atoms with Gasteiger partial charge in [-0.1, -0.05) is 53.0 Å². The molecule has 2 aromatic carbocycles. The van der Waals surface area contributed by atoms with Gasteiger partial charge < -0.3 is 10.6 Å². The standard InChI is InChI=1S/C16H16Cl2N2S/c1-10-3-5-12(6-4-10)11(2)19-16(21)20-15-8-13(17)7-14(18)9-15/h3-9,11H,1-2H3,(H2,19,20,21). The van der Waals surface area contributed by atoms with E-state index in [0.29, 0.717) is 15.2 Å². The van der Waals surface area contributed by atoms with E-state index >= 15 is 0 Å². The Hall–Kier alpha value is -1.29. The van der Waals surface area contributed by atoms with Crippen LogP contribution in [0.2, 0.25) is 10.0 Å². The van der Waals surface area contributed by atoms with Gasteiger partial charge >= 0.3 is 0 Å². The molecule has 0 spiro atoms. The molecule has 1 atom stereocenters. The number of anilines is 1. The fourth-order valence-corrected chi connectivity index (χ4v) is 2.75. The van der Waals surface area contributed by atoms with Crippen LogP contribution in [-0.4, -0.2) is 5.11 Å². The molecular weight excluding hydrogens is 323 g/mol. The third kappa shape index (κ3) is 4.88. The Labute approximate surface area is 140 Å². The summed E-state index contributed by atoms with van der Waals surface area (Å²) in [4.78, 5) is 0. The van der Waals surface area contributed by atoms with Gasteiger partial charge in [0.2, 0.25) is 0 Å². The molecule has 0 radical (unpaired) electrons. The summed E-state index contributed by atoms with van der Waals surface area (Å²) in [5.41, 5.74) is 3.18. The maximum atomic E-state index is 5.96. The third-order valence-corrected chi connectivity index (χ3v) is 3.70. The number of hydrogen-bond acceptors (Lipinski definition) is 1. The molecule has 1 unspecified atom stereocenters. The van der Waals surface area contributed by atoms with Crippen molar-refractivity contribution in [2.75, 3.05) is 5.32 Å². The van der Waals surface area contributed by atoms with E-state index in [1.54, 1.807) is 18.2 Å². The Bertz CT molecular complexity index is 621. The molecule has 2 rings (SSSR count). The van der Waals surface area contributed by atoms with Gasteiger partial charge in [-0.2, -0.15) is 0 Å². The normalized spacial score (nSPS) is 11.8. The highest BCUT2D eigenvalue weighted by Crippen LogP contribution is 2.22. The predicted octanol–water partition coefficient (Wildman–Crippen LogP) is 5.35. The van der Waals surface area contributed by atoms with Crippen molar-refractivity contribution in [2.45, 2.75) is 19.9 Å². The molecular formula is C16H16Cl2N2S. The summed E-state index contributed by atoms with van der Waals surface area (Å²) < 4.78 is 0. The predicted molar refractivity (Wildman–Crippen MR) is 95.4 cm³/mol. The lowest BCUT2D eigenvalue weighted by Gasteiger charge is -2.18. The van der Waals surface area contributed by atoms with Gasteiger partial charge in [-0.15, -0.1) is 0 Å². The van der Waals surface area contributed by atoms with Crippen LogP contribution in [0.5, 0.6) is 0 Å². The lowest BCUT2D eigenvalue weighted by molar-refractivity contribution is 0.722. The SMILES string of the molecule is Cc1ccc(C(C)NC(=S)Nc2cc(Cl)cc(Cl)c2)cc1. The molecule has 2 aromatic rings. The van der Waals surface area contributed by atoms with Gasteiger partial charge in [0.15, 0.2) is 5.11 Å². The second kappa shape index (κ2) is 7.12. The third-order valence-electron chi connectivity index (χ3n) is 3.05. The van der Waals surface area contributed by atoms with E-state index < -0.39 is 0 Å². The topological polar surface area (TPSA) is 24.1 Å². The molecule has 0 heterocycles. The molecule has 0 aliphatic heterocycles. The van der Waals surface area contributed by atoms with Crippen LogP contribution >= 0.6 is 35.4 Å². The molecule has 0 bridgehead atoms. The summed E-state index contributed by atoms with van der Waals surface area (Å²) in [7, 11) is 0. The summed E-state index contributed by atoms with van der Waals surface area (Å²) >= 11 is 17.2. The van der Waals surface area contributed by atoms with E-state index in [2.05, 4.69) is 48.7 Å². The van der Waals surface area contributed by atoms with E-state index in [1.165, 1.54) is 11.1 Å². The first kappa shape index (κ1) is 16.1. The first-order chi connectivity index (χ1) is 9.94. The molecule has 21 heavy (non-hydrogen) atoms. The number of rotatable bonds is 3. The molecule has 0 saturated heterocycles. The fourth-order valence-electron chi connectivity index (χ4n) is 1.93. The number of hydrogen-bond donors (Lipinski definition) is 2. The van der Waals surface area contributed by atoms with E-state index in [1.807, 2.05) is 0 Å². The Balaban J connectivity index is 1.99. The van der Waals surface area contributed by atoms with Crippen LogP contribution in [0.15, 0.2) is 42.5 Å². The highest BCUT2D eigenvalue weighted by Gasteiger charge is 2.07. The van der Waals surface area contributed by atoms with Gasteiger partial charge in [-0.05, 0) is 49.8 Å². The minimum Gasteiger partial charge on any atom is -0.356 e. The zero-order chi connectivity index (χ0) is 15.4. The quantitative estimate of drug-likeness (QED) is 0.737. The van der Waals surface area contributed by atoms with Crippen molar-refractivity contribution in [2.24, 2.45) is 0 Å². The smallest absolute Gasteiger partial charge is 0.171 e. The van der Waals surface area contributed by atoms with Crippen LogP contribution in [-0.2, 0) is 0 Å². The minimum atomic E-state index is 0.111. The molecule has 5 heteroatoms. The van der Waals surface area contributed by atoms with Gasteiger partial charge in [-0.3, -0.25) is 0 Å². The van der Waals surface area contributed by atoms with Crippen LogP contribution in [0.25, 0.3) is 0 Å². The average molecular weight is 339 g/mol. The zero-order valence-electron chi connectivity index (χ0n) is 11.8. The number of nitrogens with one attached hydrogen (secondary N) is 2. The molecule has 0 aliphatic carbocycles. The van der Waals surface area contributed by atoms with Crippen LogP contribution in [0.1, 0.15) is 24.1 Å². The Morgan fingerprint density at radius 3 is 2.19 bits per heavy atom. The van der Waals surface area contributed by atoms with Gasteiger partial charge in [-0.25, -0.2) is 0 Å². The van der Waals surface area contributed by atoms with E-state index in [-0.39, 0.29) is 6.04 Å². The van der Waals surface area contributed by atoms with Gasteiger partial charge in [0, 0.05) is 15.7 Å². The number of aryl methyl sites for hydroxylation is 1. The average Bonchev–Trinajstić information content (AvgIpc) is 2.37. The van der Waals surface area contributed by atoms with Crippen LogP contribution in [0, 0.1) is 6.92 Å². The lowest BCUT2D eigenvalue weighted by Crippen LogP contribution is -2.30. The molecule has 0 fully saturated rings. The summed E-state index contributed by atoms with van der Waals surface area (Å²) in [6.45, 7) is 4.13. The van der Waals surface area contributed by atoms with Gasteiger partial charge in [0.05, 0.1) is 6.04 Å². The van der Waals surface area contributed by atoms with E-state index in [0.717, 1.165) is 5.69 Å². The van der Waals surface area contributed by atoms with Crippen molar-refractivity contribution in [3.05, 3.63) is 63.6 Å². The molecule has 0 saturated carbocycles. The van der Waals surface area contributed by atoms with Crippen molar-refractivity contribution in [1.82, 2.24) is 5.32 Å². The zero-order valence-corrected chi connectivity index (χ0v) is 14.1. The Morgan fingerprint density at radius 1 is 1.05 bits per heavy atom. The largest absolute Gasteiger partial charge is 0.356 e. The summed E-state index contributed by atoms with van der Waals surface area (Å²) in [5.74, 6) is 0. The first-order valence-electron chi connectivity index (χ1n) is 6.54. The van der Waals surface area contributed by atoms with Crippen LogP contribution in [0.4, 0.5) is 5.69 Å². The second-order valence-electron chi connectivity index (χ2n) is 4.89. The summed E-state index contributed by atoms with van der Waals surface area (Å²) in [6, 6.07) is 13.7. The highest BCUT2D eigenvalue weighted by molar-refractivity contribution is 7.80. The summed E-state index contributed by atoms with van der Waals surface area (Å²) in [6.07, 6.45) is 0. The van der Waals surface area contributed by atoms with Crippen molar-refractivity contribution in [1.29, 1.82) is 0 Å². The van der Waals surface area contributed by atoms with Crippen LogP contribution < -0.4 is 10.6 Å². The molecule has 110 valence electrons. The van der Waals surface area contributed by atoms with E-state index in [4.69, 9.17) is 35.4 Å². The van der Waals surface area contributed by atoms with Gasteiger partial charge in [0.25, 0.3) is 0 Å². The lowest BCUT2D eigenvalue weighted by atomic mass is 10.1. The van der Waals surface area contributed by atoms with E-state index in [9.17, 15) is 0 Å². The molecule has 2 N–H and O–H groups in total. The monoisotopic (exact) mass is 338 g/mol. The molecule has 0 aliphatic rings. The van der Waals surface area contributed by atoms with Crippen molar-refractivity contribution >= 4 is 46.2 Å². The first-order valence-corrected chi connectivity index (χ1v) is 7.70. The highest BCUT2D eigenvalue weighted by atomic mass is 35.5. The van der Waals surface area contributed by atoms with Crippen molar-refractivity contribution < 1.29 is 0 Å². The maximum Gasteiger partial charge on any atom is 0.171 e. The van der Waals surface area contributed by atoms with Gasteiger partial charge in [0.1, 0.15) is 0 Å². The number of benzene rings is 2. The Kier molecular flexibility index (Phi) is 5.45. The van der Waals surface area contributed by atoms with Crippen molar-refractivity contribution in [3.8, 4) is 0 Å². The molecule has 0 amide bonds. The molecule has 2 nitrogen and oxygen atoms in total. The number of thiocarbonyl (C=S) groups is 1. The Morgan fingerprint density at radius 2 is 1.62 bits per heavy atom. The number of halogens is 2. The second-order valence-corrected chi connectivity index (χ2v) is 6.17. The minimum absolute atomic E-state index is 0.111.